The molecular weight excluding hydrogens is 438 g/mol. The smallest absolute Gasteiger partial charge is 0.332 e. The Balaban J connectivity index is 1.51. The molecule has 0 amide bonds. The van der Waals surface area contributed by atoms with E-state index in [4.69, 9.17) is 9.84 Å². The lowest BCUT2D eigenvalue weighted by atomic mass is 10.0. The van der Waals surface area contributed by atoms with E-state index in [-0.39, 0.29) is 12.4 Å². The molecule has 0 aliphatic heterocycles. The van der Waals surface area contributed by atoms with Crippen molar-refractivity contribution in [3.63, 3.8) is 0 Å². The highest BCUT2D eigenvalue weighted by Crippen LogP contribution is 2.26. The van der Waals surface area contributed by atoms with E-state index in [0.29, 0.717) is 17.7 Å². The second kappa shape index (κ2) is 10.5. The number of aliphatic carboxylic acids is 1. The van der Waals surface area contributed by atoms with Gasteiger partial charge in [-0.2, -0.15) is 0 Å². The molecule has 4 rings (SSSR count). The van der Waals surface area contributed by atoms with Crippen LogP contribution in [0.4, 0.5) is 0 Å². The zero-order valence-corrected chi connectivity index (χ0v) is 20.2. The van der Waals surface area contributed by atoms with Gasteiger partial charge in [-0.3, -0.25) is 4.79 Å². The Morgan fingerprint density at radius 1 is 0.971 bits per heavy atom. The van der Waals surface area contributed by atoms with Crippen molar-refractivity contribution in [2.24, 2.45) is 0 Å². The van der Waals surface area contributed by atoms with E-state index in [1.54, 1.807) is 0 Å². The van der Waals surface area contributed by atoms with E-state index >= 15 is 0 Å². The molecule has 178 valence electrons. The lowest BCUT2D eigenvalue weighted by molar-refractivity contribution is -0.149. The van der Waals surface area contributed by atoms with Crippen molar-refractivity contribution in [3.8, 4) is 0 Å². The Labute approximate surface area is 205 Å². The number of carbonyl (C=O) groups is 2. The number of benzene rings is 3. The monoisotopic (exact) mass is 467 g/mol. The van der Waals surface area contributed by atoms with Crippen molar-refractivity contribution in [2.45, 2.75) is 40.0 Å². The fourth-order valence-electron chi connectivity index (χ4n) is 3.92. The fraction of sp³-hybridized carbons (Fsp3) is 0.200. The number of rotatable bonds is 9. The fourth-order valence-corrected chi connectivity index (χ4v) is 3.92. The van der Waals surface area contributed by atoms with Crippen LogP contribution in [0.3, 0.4) is 0 Å². The molecule has 0 unspecified atom stereocenters. The number of aryl methyl sites for hydroxylation is 2. The summed E-state index contributed by atoms with van der Waals surface area (Å²) in [4.78, 5) is 24.2. The molecule has 1 aromatic heterocycles. The predicted octanol–water partition coefficient (Wildman–Crippen LogP) is 6.19. The van der Waals surface area contributed by atoms with E-state index in [0.717, 1.165) is 33.2 Å². The molecule has 0 radical (unpaired) electrons. The van der Waals surface area contributed by atoms with Gasteiger partial charge in [0.05, 0.1) is 6.61 Å². The first kappa shape index (κ1) is 24.2. The van der Waals surface area contributed by atoms with E-state index < -0.39 is 12.1 Å². The van der Waals surface area contributed by atoms with Crippen LogP contribution in [0.25, 0.3) is 17.0 Å². The number of ketones is 1. The van der Waals surface area contributed by atoms with Crippen molar-refractivity contribution in [1.29, 1.82) is 0 Å². The lowest BCUT2D eigenvalue weighted by Crippen LogP contribution is -2.19. The molecule has 35 heavy (non-hydrogen) atoms. The molecule has 1 atom stereocenters. The van der Waals surface area contributed by atoms with Crippen molar-refractivity contribution < 1.29 is 19.4 Å². The van der Waals surface area contributed by atoms with Gasteiger partial charge in [0.15, 0.2) is 11.9 Å². The zero-order valence-electron chi connectivity index (χ0n) is 20.2. The minimum Gasteiger partial charge on any atom is -0.479 e. The highest BCUT2D eigenvalue weighted by atomic mass is 16.5. The molecule has 5 nitrogen and oxygen atoms in total. The Morgan fingerprint density at radius 3 is 2.34 bits per heavy atom. The van der Waals surface area contributed by atoms with Gasteiger partial charge < -0.3 is 14.4 Å². The third-order valence-electron chi connectivity index (χ3n) is 6.03. The maximum atomic E-state index is 13.3. The van der Waals surface area contributed by atoms with Gasteiger partial charge in [-0.1, -0.05) is 77.9 Å². The maximum Gasteiger partial charge on any atom is 0.332 e. The summed E-state index contributed by atoms with van der Waals surface area (Å²) >= 11 is 0. The Hall–Kier alpha value is -3.96. The van der Waals surface area contributed by atoms with Gasteiger partial charge >= 0.3 is 5.97 Å². The molecule has 0 bridgehead atoms. The Bertz CT molecular complexity index is 1380. The number of allylic oxidation sites excluding steroid dienone is 1. The van der Waals surface area contributed by atoms with Gasteiger partial charge in [0.2, 0.25) is 0 Å². The summed E-state index contributed by atoms with van der Waals surface area (Å²) in [5.41, 5.74) is 6.61. The SMILES string of the molecule is Cc1ccc(C(=O)c2cn(C/C=C/c3ccc(CO[C@@H](C)C(=O)O)cc3)c3ccc(C)cc23)cc1. The molecule has 1 heterocycles. The van der Waals surface area contributed by atoms with Gasteiger partial charge in [-0.05, 0) is 44.0 Å². The average molecular weight is 468 g/mol. The van der Waals surface area contributed by atoms with Gasteiger partial charge in [0.25, 0.3) is 0 Å². The number of carbonyl (C=O) groups excluding carboxylic acids is 1. The summed E-state index contributed by atoms with van der Waals surface area (Å²) in [6, 6.07) is 21.7. The summed E-state index contributed by atoms with van der Waals surface area (Å²) < 4.78 is 7.43. The third-order valence-corrected chi connectivity index (χ3v) is 6.03. The molecule has 0 fully saturated rings. The largest absolute Gasteiger partial charge is 0.479 e. The van der Waals surface area contributed by atoms with Crippen LogP contribution in [-0.2, 0) is 22.7 Å². The van der Waals surface area contributed by atoms with Crippen LogP contribution in [-0.4, -0.2) is 27.5 Å². The number of carboxylic acids is 1. The lowest BCUT2D eigenvalue weighted by Gasteiger charge is -2.08. The van der Waals surface area contributed by atoms with E-state index in [9.17, 15) is 9.59 Å². The summed E-state index contributed by atoms with van der Waals surface area (Å²) in [6.45, 7) is 6.45. The normalized spacial score (nSPS) is 12.3. The third kappa shape index (κ3) is 5.76. The molecule has 5 heteroatoms. The highest BCUT2D eigenvalue weighted by molar-refractivity contribution is 6.16. The summed E-state index contributed by atoms with van der Waals surface area (Å²) in [7, 11) is 0. The molecular formula is C30H29NO4. The van der Waals surface area contributed by atoms with Crippen LogP contribution in [0.15, 0.2) is 79.0 Å². The van der Waals surface area contributed by atoms with Crippen LogP contribution in [0.2, 0.25) is 0 Å². The first-order chi connectivity index (χ1) is 16.8. The Morgan fingerprint density at radius 2 is 1.66 bits per heavy atom. The first-order valence-electron chi connectivity index (χ1n) is 11.6. The summed E-state index contributed by atoms with van der Waals surface area (Å²) in [5.74, 6) is -0.945. The number of fused-ring (bicyclic) bond motifs is 1. The molecule has 0 spiro atoms. The number of hydrogen-bond acceptors (Lipinski definition) is 3. The quantitative estimate of drug-likeness (QED) is 0.298. The number of aromatic nitrogens is 1. The Kier molecular flexibility index (Phi) is 7.28. The van der Waals surface area contributed by atoms with Gasteiger partial charge in [0, 0.05) is 34.8 Å². The standard InChI is InChI=1S/C30H29NO4/c1-20-6-13-25(14-7-20)29(32)27-18-31(28-15-8-21(2)17-26(27)28)16-4-5-23-9-11-24(12-10-23)19-35-22(3)30(33)34/h4-15,17-18,22H,16,19H2,1-3H3,(H,33,34)/b5-4+/t22-/m0/s1. The van der Waals surface area contributed by atoms with Crippen molar-refractivity contribution in [3.05, 3.63) is 112 Å². The van der Waals surface area contributed by atoms with Gasteiger partial charge in [0.1, 0.15) is 0 Å². The van der Waals surface area contributed by atoms with E-state index in [1.807, 2.05) is 74.7 Å². The van der Waals surface area contributed by atoms with Crippen LogP contribution >= 0.6 is 0 Å². The van der Waals surface area contributed by atoms with Crippen LogP contribution < -0.4 is 0 Å². The van der Waals surface area contributed by atoms with E-state index in [2.05, 4.69) is 28.8 Å². The van der Waals surface area contributed by atoms with Gasteiger partial charge in [-0.25, -0.2) is 4.79 Å². The molecule has 0 saturated carbocycles. The number of ether oxygens (including phenoxy) is 1. The second-order valence-corrected chi connectivity index (χ2v) is 8.85. The zero-order chi connectivity index (χ0) is 24.9. The maximum absolute atomic E-state index is 13.3. The molecule has 0 aliphatic rings. The van der Waals surface area contributed by atoms with Crippen molar-refractivity contribution in [1.82, 2.24) is 4.57 Å². The van der Waals surface area contributed by atoms with Crippen LogP contribution in [0, 0.1) is 13.8 Å². The molecule has 4 aromatic rings. The minimum absolute atomic E-state index is 0.0263. The number of carboxylic acid groups (broad SMARTS) is 1. The summed E-state index contributed by atoms with van der Waals surface area (Å²) in [5, 5.41) is 9.88. The van der Waals surface area contributed by atoms with Crippen molar-refractivity contribution >= 4 is 28.7 Å². The molecule has 3 aromatic carbocycles. The predicted molar refractivity (Wildman–Crippen MR) is 139 cm³/mol. The summed E-state index contributed by atoms with van der Waals surface area (Å²) in [6.07, 6.45) is 5.21. The second-order valence-electron chi connectivity index (χ2n) is 8.85. The first-order valence-corrected chi connectivity index (χ1v) is 11.6. The molecule has 0 saturated heterocycles. The topological polar surface area (TPSA) is 68.5 Å². The highest BCUT2D eigenvalue weighted by Gasteiger charge is 2.16. The molecule has 0 aliphatic carbocycles. The van der Waals surface area contributed by atoms with Crippen molar-refractivity contribution in [2.75, 3.05) is 0 Å². The minimum atomic E-state index is -0.971. The van der Waals surface area contributed by atoms with Crippen LogP contribution in [0.5, 0.6) is 0 Å². The van der Waals surface area contributed by atoms with Crippen LogP contribution in [0.1, 0.15) is 45.1 Å². The number of nitrogens with zero attached hydrogens (tertiary/aromatic N) is 1. The molecule has 1 N–H and O–H groups in total. The average Bonchev–Trinajstić information content (AvgIpc) is 3.20. The van der Waals surface area contributed by atoms with E-state index in [1.165, 1.54) is 6.92 Å². The van der Waals surface area contributed by atoms with Gasteiger partial charge in [-0.15, -0.1) is 0 Å². The number of hydrogen-bond donors (Lipinski definition) is 1.